The SMILES string of the molecule is CC(C)C(C)C(C)CN. The Kier molecular flexibility index (Phi) is 3.87. The maximum atomic E-state index is 5.51. The Hall–Kier alpha value is -0.0400. The summed E-state index contributed by atoms with van der Waals surface area (Å²) < 4.78 is 0. The first-order chi connectivity index (χ1) is 4.09. The summed E-state index contributed by atoms with van der Waals surface area (Å²) in [6.07, 6.45) is 0. The van der Waals surface area contributed by atoms with E-state index >= 15 is 0 Å². The van der Waals surface area contributed by atoms with E-state index in [1.165, 1.54) is 0 Å². The zero-order valence-electron chi connectivity index (χ0n) is 7.02. The zero-order valence-corrected chi connectivity index (χ0v) is 7.02. The Morgan fingerprint density at radius 2 is 1.56 bits per heavy atom. The summed E-state index contributed by atoms with van der Waals surface area (Å²) in [5.41, 5.74) is 5.51. The van der Waals surface area contributed by atoms with Crippen LogP contribution < -0.4 is 5.73 Å². The van der Waals surface area contributed by atoms with Gasteiger partial charge in [-0.25, -0.2) is 0 Å². The Bertz CT molecular complexity index is 69.0. The molecular weight excluding hydrogens is 110 g/mol. The van der Waals surface area contributed by atoms with Crippen LogP contribution in [0, 0.1) is 17.8 Å². The predicted octanol–water partition coefficient (Wildman–Crippen LogP) is 1.87. The molecule has 0 aromatic rings. The molecule has 0 aliphatic rings. The molecule has 2 atom stereocenters. The molecule has 0 aliphatic heterocycles. The van der Waals surface area contributed by atoms with Crippen LogP contribution in [0.3, 0.4) is 0 Å². The van der Waals surface area contributed by atoms with Crippen LogP contribution in [0.4, 0.5) is 0 Å². The molecule has 0 rings (SSSR count). The van der Waals surface area contributed by atoms with Gasteiger partial charge in [-0.05, 0) is 24.3 Å². The molecule has 56 valence electrons. The molecule has 0 heterocycles. The molecule has 2 unspecified atom stereocenters. The van der Waals surface area contributed by atoms with Gasteiger partial charge in [-0.2, -0.15) is 0 Å². The Morgan fingerprint density at radius 3 is 1.67 bits per heavy atom. The summed E-state index contributed by atoms with van der Waals surface area (Å²) in [6.45, 7) is 9.79. The van der Waals surface area contributed by atoms with Crippen molar-refractivity contribution in [2.24, 2.45) is 23.5 Å². The summed E-state index contributed by atoms with van der Waals surface area (Å²) in [5.74, 6) is 2.20. The second-order valence-corrected chi connectivity index (χ2v) is 3.32. The Balaban J connectivity index is 3.58. The normalized spacial score (nSPS) is 18.0. The molecule has 1 heteroatoms. The van der Waals surface area contributed by atoms with Crippen molar-refractivity contribution in [3.63, 3.8) is 0 Å². The molecule has 2 N–H and O–H groups in total. The van der Waals surface area contributed by atoms with Gasteiger partial charge in [0, 0.05) is 0 Å². The summed E-state index contributed by atoms with van der Waals surface area (Å²) in [5, 5.41) is 0. The van der Waals surface area contributed by atoms with E-state index in [0.717, 1.165) is 18.4 Å². The summed E-state index contributed by atoms with van der Waals surface area (Å²) >= 11 is 0. The van der Waals surface area contributed by atoms with Crippen LogP contribution >= 0.6 is 0 Å². The highest BCUT2D eigenvalue weighted by Crippen LogP contribution is 2.18. The summed E-state index contributed by atoms with van der Waals surface area (Å²) in [4.78, 5) is 0. The molecule has 9 heavy (non-hydrogen) atoms. The molecular formula is C8H19N. The molecule has 0 aliphatic carbocycles. The Labute approximate surface area is 58.6 Å². The minimum atomic E-state index is 0.671. The third kappa shape index (κ3) is 2.85. The molecule has 0 amide bonds. The first-order valence-corrected chi connectivity index (χ1v) is 3.79. The van der Waals surface area contributed by atoms with Crippen molar-refractivity contribution in [1.29, 1.82) is 0 Å². The van der Waals surface area contributed by atoms with E-state index < -0.39 is 0 Å². The average Bonchev–Trinajstić information content (AvgIpc) is 1.84. The van der Waals surface area contributed by atoms with E-state index in [0.29, 0.717) is 5.92 Å². The molecule has 0 spiro atoms. The standard InChI is InChI=1S/C8H19N/c1-6(2)8(4)7(3)5-9/h6-8H,5,9H2,1-4H3. The topological polar surface area (TPSA) is 26.0 Å². The van der Waals surface area contributed by atoms with Crippen molar-refractivity contribution < 1.29 is 0 Å². The van der Waals surface area contributed by atoms with Crippen LogP contribution in [0.2, 0.25) is 0 Å². The van der Waals surface area contributed by atoms with Gasteiger partial charge in [0.15, 0.2) is 0 Å². The van der Waals surface area contributed by atoms with Gasteiger partial charge in [0.25, 0.3) is 0 Å². The molecule has 0 saturated heterocycles. The van der Waals surface area contributed by atoms with Gasteiger partial charge in [-0.3, -0.25) is 0 Å². The largest absolute Gasteiger partial charge is 0.330 e. The first kappa shape index (κ1) is 8.96. The monoisotopic (exact) mass is 129 g/mol. The van der Waals surface area contributed by atoms with Crippen molar-refractivity contribution in [2.75, 3.05) is 6.54 Å². The van der Waals surface area contributed by atoms with E-state index in [4.69, 9.17) is 5.73 Å². The fourth-order valence-electron chi connectivity index (χ4n) is 0.872. The number of rotatable bonds is 3. The molecule has 0 aromatic heterocycles. The lowest BCUT2D eigenvalue weighted by atomic mass is 9.86. The molecule has 0 aromatic carbocycles. The van der Waals surface area contributed by atoms with Crippen LogP contribution in [0.25, 0.3) is 0 Å². The molecule has 0 fully saturated rings. The first-order valence-electron chi connectivity index (χ1n) is 3.79. The minimum absolute atomic E-state index is 0.671. The average molecular weight is 129 g/mol. The maximum Gasteiger partial charge on any atom is -0.00489 e. The lowest BCUT2D eigenvalue weighted by molar-refractivity contribution is 0.302. The predicted molar refractivity (Wildman–Crippen MR) is 42.2 cm³/mol. The van der Waals surface area contributed by atoms with E-state index in [1.807, 2.05) is 0 Å². The van der Waals surface area contributed by atoms with Gasteiger partial charge in [-0.15, -0.1) is 0 Å². The molecule has 0 bridgehead atoms. The second kappa shape index (κ2) is 3.89. The second-order valence-electron chi connectivity index (χ2n) is 3.32. The smallest absolute Gasteiger partial charge is 0.00489 e. The fourth-order valence-corrected chi connectivity index (χ4v) is 0.872. The van der Waals surface area contributed by atoms with Crippen LogP contribution in [-0.4, -0.2) is 6.54 Å². The van der Waals surface area contributed by atoms with Crippen molar-refractivity contribution in [3.8, 4) is 0 Å². The third-order valence-corrected chi connectivity index (χ3v) is 2.32. The van der Waals surface area contributed by atoms with Crippen molar-refractivity contribution in [2.45, 2.75) is 27.7 Å². The highest BCUT2D eigenvalue weighted by Gasteiger charge is 2.13. The van der Waals surface area contributed by atoms with Gasteiger partial charge >= 0.3 is 0 Å². The van der Waals surface area contributed by atoms with Crippen molar-refractivity contribution in [3.05, 3.63) is 0 Å². The molecule has 0 saturated carbocycles. The van der Waals surface area contributed by atoms with Crippen LogP contribution in [0.5, 0.6) is 0 Å². The number of nitrogens with two attached hydrogens (primary N) is 1. The highest BCUT2D eigenvalue weighted by molar-refractivity contribution is 4.64. The lowest BCUT2D eigenvalue weighted by Crippen LogP contribution is -2.21. The number of hydrogen-bond donors (Lipinski definition) is 1. The van der Waals surface area contributed by atoms with Gasteiger partial charge in [0.1, 0.15) is 0 Å². The molecule has 0 radical (unpaired) electrons. The van der Waals surface area contributed by atoms with Crippen molar-refractivity contribution in [1.82, 2.24) is 0 Å². The van der Waals surface area contributed by atoms with Crippen LogP contribution in [0.15, 0.2) is 0 Å². The highest BCUT2D eigenvalue weighted by atomic mass is 14.5. The van der Waals surface area contributed by atoms with E-state index in [9.17, 15) is 0 Å². The quantitative estimate of drug-likeness (QED) is 0.618. The maximum absolute atomic E-state index is 5.51. The van der Waals surface area contributed by atoms with Crippen LogP contribution in [-0.2, 0) is 0 Å². The fraction of sp³-hybridized carbons (Fsp3) is 1.00. The van der Waals surface area contributed by atoms with Gasteiger partial charge in [0.05, 0.1) is 0 Å². The molecule has 1 nitrogen and oxygen atoms in total. The third-order valence-electron chi connectivity index (χ3n) is 2.32. The van der Waals surface area contributed by atoms with Gasteiger partial charge < -0.3 is 5.73 Å². The van der Waals surface area contributed by atoms with Gasteiger partial charge in [-0.1, -0.05) is 27.7 Å². The minimum Gasteiger partial charge on any atom is -0.330 e. The van der Waals surface area contributed by atoms with Crippen LogP contribution in [0.1, 0.15) is 27.7 Å². The number of hydrogen-bond acceptors (Lipinski definition) is 1. The summed E-state index contributed by atoms with van der Waals surface area (Å²) in [7, 11) is 0. The van der Waals surface area contributed by atoms with E-state index in [-0.39, 0.29) is 0 Å². The van der Waals surface area contributed by atoms with Gasteiger partial charge in [0.2, 0.25) is 0 Å². The van der Waals surface area contributed by atoms with E-state index in [2.05, 4.69) is 27.7 Å². The van der Waals surface area contributed by atoms with E-state index in [1.54, 1.807) is 0 Å². The lowest BCUT2D eigenvalue weighted by Gasteiger charge is -2.21. The zero-order chi connectivity index (χ0) is 7.44. The van der Waals surface area contributed by atoms with Crippen molar-refractivity contribution >= 4 is 0 Å². The Morgan fingerprint density at radius 1 is 1.11 bits per heavy atom. The summed E-state index contributed by atoms with van der Waals surface area (Å²) in [6, 6.07) is 0.